The fourth-order valence-corrected chi connectivity index (χ4v) is 7.22. The van der Waals surface area contributed by atoms with E-state index in [4.69, 9.17) is 9.47 Å². The van der Waals surface area contributed by atoms with Gasteiger partial charge in [-0.05, 0) is 29.3 Å². The summed E-state index contributed by atoms with van der Waals surface area (Å²) < 4.78 is 23.9. The molecule has 20 heteroatoms. The number of para-hydroxylation sites is 2. The van der Waals surface area contributed by atoms with Gasteiger partial charge in [-0.3, -0.25) is 19.6 Å². The SMILES string of the molecule is CNC(=O)c1ccnc2c([C@H](C)CNc3cc(-c4cnc(COC)nc4)ncn3)cccc12.CNC(=O)c1ccnc2c([C@H](C)CNc3cc(-c4cnc(OC)c(F)c4)ncn3)cccc12.S.S. The number of carbonyl (C=O) groups is 2. The predicted octanol–water partition coefficient (Wildman–Crippen LogP) is 7.24. The molecule has 0 bridgehead atoms. The molecule has 8 aromatic rings. The molecule has 0 saturated heterocycles. The van der Waals surface area contributed by atoms with Gasteiger partial charge in [0, 0.05) is 111 Å². The maximum Gasteiger partial charge on any atom is 0.251 e. The largest absolute Gasteiger partial charge is 0.479 e. The van der Waals surface area contributed by atoms with Crippen LogP contribution in [0.5, 0.6) is 5.88 Å². The monoisotopic (exact) mass is 957 g/mol. The lowest BCUT2D eigenvalue weighted by Crippen LogP contribution is -2.18. The molecule has 0 aliphatic rings. The Kier molecular flexibility index (Phi) is 18.5. The summed E-state index contributed by atoms with van der Waals surface area (Å²) in [5.74, 6) is 1.21. The second-order valence-corrected chi connectivity index (χ2v) is 15.0. The summed E-state index contributed by atoms with van der Waals surface area (Å²) in [6, 6.07) is 20.1. The number of amides is 2. The van der Waals surface area contributed by atoms with E-state index in [9.17, 15) is 14.0 Å². The number of carbonyl (C=O) groups excluding carboxylic acids is 2. The number of nitrogens with zero attached hydrogens (tertiary/aromatic N) is 9. The van der Waals surface area contributed by atoms with Crippen molar-refractivity contribution in [2.75, 3.05) is 52.0 Å². The number of ether oxygens (including phenoxy) is 2. The molecule has 0 radical (unpaired) electrons. The lowest BCUT2D eigenvalue weighted by Gasteiger charge is -2.16. The number of rotatable bonds is 15. The third-order valence-electron chi connectivity index (χ3n) is 10.7. The Hall–Kier alpha value is -7.42. The fourth-order valence-electron chi connectivity index (χ4n) is 7.22. The number of halogens is 1. The molecule has 2 aromatic carbocycles. The smallest absolute Gasteiger partial charge is 0.251 e. The van der Waals surface area contributed by atoms with Gasteiger partial charge in [0.15, 0.2) is 11.6 Å². The standard InChI is InChI=1S/C24H23FN6O2.C24H25N7O2.2H2S/c1-14(16-5-4-6-17-18(23(32)26-2)7-8-27-22(16)17)11-28-21-10-20(30-13-31-21)15-9-19(25)24(33-3)29-12-15;1-15(17-5-4-6-18-19(24(32)25-2)7-8-26-23(17)18)10-27-21-9-20(30-14-31-21)16-11-28-22(13-33-3)29-12-16;;/h4-10,12-14H,11H2,1-3H3,(H,26,32)(H,28,30,31);4-9,11-12,14-15H,10,13H2,1-3H3,(H,25,32)(H,27,30,31);2*1H2/t14-;15-;;/m11../s1. The van der Waals surface area contributed by atoms with Crippen molar-refractivity contribution >= 4 is 72.2 Å². The lowest BCUT2D eigenvalue weighted by molar-refractivity contribution is 0.0956. The average Bonchev–Trinajstić information content (AvgIpc) is 3.36. The number of hydrogen-bond acceptors (Lipinski definition) is 15. The van der Waals surface area contributed by atoms with Crippen LogP contribution < -0.4 is 26.0 Å². The molecule has 0 aliphatic carbocycles. The van der Waals surface area contributed by atoms with Crippen molar-refractivity contribution < 1.29 is 23.5 Å². The molecule has 0 aliphatic heterocycles. The number of hydrogen-bond donors (Lipinski definition) is 4. The molecule has 2 atom stereocenters. The average molecular weight is 958 g/mol. The van der Waals surface area contributed by atoms with Gasteiger partial charge in [0.05, 0.1) is 40.7 Å². The highest BCUT2D eigenvalue weighted by molar-refractivity contribution is 7.59. The van der Waals surface area contributed by atoms with Crippen molar-refractivity contribution in [2.24, 2.45) is 0 Å². The Morgan fingerprint density at radius 2 is 1.10 bits per heavy atom. The minimum Gasteiger partial charge on any atom is -0.479 e. The van der Waals surface area contributed by atoms with Crippen LogP contribution in [0.2, 0.25) is 0 Å². The molecule has 6 aromatic heterocycles. The van der Waals surface area contributed by atoms with Gasteiger partial charge in [0.1, 0.15) is 30.9 Å². The third kappa shape index (κ3) is 12.1. The van der Waals surface area contributed by atoms with Crippen LogP contribution in [-0.2, 0) is 11.3 Å². The normalized spacial score (nSPS) is 11.5. The molecule has 4 N–H and O–H groups in total. The fraction of sp³-hybridized carbons (Fsp3) is 0.229. The molecular weight excluding hydrogens is 906 g/mol. The molecule has 0 saturated carbocycles. The number of pyridine rings is 3. The summed E-state index contributed by atoms with van der Waals surface area (Å²) in [6.45, 7) is 5.74. The highest BCUT2D eigenvalue weighted by Gasteiger charge is 2.18. The van der Waals surface area contributed by atoms with Gasteiger partial charge in [0.25, 0.3) is 11.8 Å². The van der Waals surface area contributed by atoms with Gasteiger partial charge in [-0.1, -0.05) is 50.2 Å². The molecular formula is C48H52FN13O4S2. The summed E-state index contributed by atoms with van der Waals surface area (Å²) in [4.78, 5) is 63.2. The molecule has 6 heterocycles. The third-order valence-corrected chi connectivity index (χ3v) is 10.7. The number of fused-ring (bicyclic) bond motifs is 2. The van der Waals surface area contributed by atoms with Crippen LogP contribution in [0.1, 0.15) is 63.4 Å². The van der Waals surface area contributed by atoms with Gasteiger partial charge in [-0.2, -0.15) is 27.0 Å². The number of aromatic nitrogens is 9. The van der Waals surface area contributed by atoms with E-state index in [2.05, 4.69) is 80.0 Å². The van der Waals surface area contributed by atoms with Crippen molar-refractivity contribution in [3.8, 4) is 28.4 Å². The first-order valence-electron chi connectivity index (χ1n) is 20.9. The van der Waals surface area contributed by atoms with Crippen LogP contribution in [0.4, 0.5) is 16.0 Å². The zero-order valence-corrected chi connectivity index (χ0v) is 40.2. The summed E-state index contributed by atoms with van der Waals surface area (Å²) >= 11 is 0. The van der Waals surface area contributed by atoms with Crippen LogP contribution in [0.3, 0.4) is 0 Å². The quantitative estimate of drug-likeness (QED) is 0.0797. The van der Waals surface area contributed by atoms with Crippen LogP contribution in [0, 0.1) is 5.82 Å². The summed E-state index contributed by atoms with van der Waals surface area (Å²) in [6.07, 6.45) is 11.2. The van der Waals surface area contributed by atoms with E-state index >= 15 is 0 Å². The lowest BCUT2D eigenvalue weighted by atomic mass is 9.96. The van der Waals surface area contributed by atoms with E-state index in [-0.39, 0.29) is 56.5 Å². The first kappa shape index (κ1) is 51.6. The summed E-state index contributed by atoms with van der Waals surface area (Å²) in [5.41, 5.74) is 7.47. The molecule has 0 unspecified atom stereocenters. The summed E-state index contributed by atoms with van der Waals surface area (Å²) in [7, 11) is 6.21. The predicted molar refractivity (Wildman–Crippen MR) is 270 cm³/mol. The Morgan fingerprint density at radius 1 is 0.618 bits per heavy atom. The Bertz CT molecular complexity index is 2990. The van der Waals surface area contributed by atoms with E-state index in [0.29, 0.717) is 59.5 Å². The van der Waals surface area contributed by atoms with E-state index < -0.39 is 5.82 Å². The number of nitrogens with one attached hydrogen (secondary N) is 4. The second kappa shape index (κ2) is 24.4. The second-order valence-electron chi connectivity index (χ2n) is 15.0. The molecule has 0 fully saturated rings. The minimum atomic E-state index is -0.559. The molecule has 0 spiro atoms. The number of benzene rings is 2. The zero-order valence-electron chi connectivity index (χ0n) is 38.2. The van der Waals surface area contributed by atoms with E-state index in [0.717, 1.165) is 44.2 Å². The van der Waals surface area contributed by atoms with E-state index in [1.165, 1.54) is 32.0 Å². The van der Waals surface area contributed by atoms with E-state index in [1.54, 1.807) is 64.2 Å². The Labute approximate surface area is 406 Å². The molecule has 17 nitrogen and oxygen atoms in total. The van der Waals surface area contributed by atoms with Gasteiger partial charge in [0.2, 0.25) is 5.88 Å². The minimum absolute atomic E-state index is 0. The van der Waals surface area contributed by atoms with Gasteiger partial charge in [-0.25, -0.2) is 39.3 Å². The van der Waals surface area contributed by atoms with Crippen molar-refractivity contribution in [1.82, 2.24) is 55.5 Å². The Balaban J connectivity index is 0.000000247. The zero-order chi connectivity index (χ0) is 46.6. The van der Waals surface area contributed by atoms with Crippen LogP contribution in [0.25, 0.3) is 44.3 Å². The topological polar surface area (TPSA) is 217 Å². The molecule has 2 amide bonds. The van der Waals surface area contributed by atoms with Crippen LogP contribution >= 0.6 is 27.0 Å². The highest BCUT2D eigenvalue weighted by Crippen LogP contribution is 2.29. The van der Waals surface area contributed by atoms with Crippen LogP contribution in [0.15, 0.2) is 110 Å². The molecule has 8 rings (SSSR count). The maximum atomic E-state index is 14.0. The molecule has 68 heavy (non-hydrogen) atoms. The van der Waals surface area contributed by atoms with E-state index in [1.807, 2.05) is 42.5 Å². The Morgan fingerprint density at radius 3 is 1.56 bits per heavy atom. The number of anilines is 2. The van der Waals surface area contributed by atoms with Gasteiger partial charge >= 0.3 is 0 Å². The first-order chi connectivity index (χ1) is 32.1. The van der Waals surface area contributed by atoms with Crippen molar-refractivity contribution in [3.05, 3.63) is 144 Å². The summed E-state index contributed by atoms with van der Waals surface area (Å²) in [5, 5.41) is 13.7. The molecule has 352 valence electrons. The van der Waals surface area contributed by atoms with Crippen molar-refractivity contribution in [1.29, 1.82) is 0 Å². The van der Waals surface area contributed by atoms with Gasteiger partial charge in [-0.15, -0.1) is 0 Å². The van der Waals surface area contributed by atoms with Gasteiger partial charge < -0.3 is 30.7 Å². The number of methoxy groups -OCH3 is 2. The highest BCUT2D eigenvalue weighted by atomic mass is 32.1. The van der Waals surface area contributed by atoms with Crippen LogP contribution in [-0.4, -0.2) is 98.1 Å². The van der Waals surface area contributed by atoms with Crippen molar-refractivity contribution in [2.45, 2.75) is 32.3 Å². The maximum absolute atomic E-state index is 14.0. The van der Waals surface area contributed by atoms with Crippen molar-refractivity contribution in [3.63, 3.8) is 0 Å². The first-order valence-corrected chi connectivity index (χ1v) is 20.9.